The maximum atomic E-state index is 14.5. The zero-order chi connectivity index (χ0) is 18.1. The molecule has 0 saturated carbocycles. The molecule has 0 bridgehead atoms. The molecule has 25 heavy (non-hydrogen) atoms. The predicted molar refractivity (Wildman–Crippen MR) is 97.6 cm³/mol. The van der Waals surface area contributed by atoms with Crippen molar-refractivity contribution in [3.8, 4) is 11.3 Å². The van der Waals surface area contributed by atoms with Crippen molar-refractivity contribution in [2.75, 3.05) is 6.54 Å². The molecule has 1 aromatic carbocycles. The van der Waals surface area contributed by atoms with E-state index >= 15 is 0 Å². The van der Waals surface area contributed by atoms with Gasteiger partial charge in [0.15, 0.2) is 0 Å². The Bertz CT molecular complexity index is 847. The first-order valence-electron chi connectivity index (χ1n) is 8.73. The number of aryl methyl sites for hydroxylation is 1. The fourth-order valence-electron chi connectivity index (χ4n) is 3.24. The largest absolute Gasteiger partial charge is 0.318 e. The van der Waals surface area contributed by atoms with E-state index in [1.165, 1.54) is 6.07 Å². The summed E-state index contributed by atoms with van der Waals surface area (Å²) < 4.78 is 16.4. The average Bonchev–Trinajstić information content (AvgIpc) is 3.02. The Hall–Kier alpha value is -2.43. The van der Waals surface area contributed by atoms with Crippen molar-refractivity contribution in [2.45, 2.75) is 47.2 Å². The summed E-state index contributed by atoms with van der Waals surface area (Å²) in [6.45, 7) is 9.07. The molecule has 0 atom stereocenters. The summed E-state index contributed by atoms with van der Waals surface area (Å²) in [5, 5.41) is 0. The van der Waals surface area contributed by atoms with E-state index < -0.39 is 0 Å². The normalized spacial score (nSPS) is 13.3. The number of carbonyl (C=O) groups excluding carboxylic acids is 1. The number of unbranched alkanes of at least 4 members (excludes halogenated alkanes) is 1. The Kier molecular flexibility index (Phi) is 4.75. The van der Waals surface area contributed by atoms with E-state index in [0.29, 0.717) is 18.1 Å². The predicted octanol–water partition coefficient (Wildman–Crippen LogP) is 4.63. The third kappa shape index (κ3) is 3.23. The first kappa shape index (κ1) is 17.4. The smallest absolute Gasteiger partial charge is 0.291 e. The van der Waals surface area contributed by atoms with E-state index in [0.717, 1.165) is 41.9 Å². The van der Waals surface area contributed by atoms with Gasteiger partial charge in [-0.05, 0) is 33.3 Å². The van der Waals surface area contributed by atoms with Gasteiger partial charge in [-0.1, -0.05) is 37.1 Å². The van der Waals surface area contributed by atoms with E-state index in [-0.39, 0.29) is 11.7 Å². The van der Waals surface area contributed by atoms with Gasteiger partial charge in [0.25, 0.3) is 5.91 Å². The van der Waals surface area contributed by atoms with Crippen molar-refractivity contribution in [2.24, 2.45) is 0 Å². The van der Waals surface area contributed by atoms with Crippen LogP contribution in [0.25, 0.3) is 17.3 Å². The number of rotatable bonds is 5. The van der Waals surface area contributed by atoms with Crippen molar-refractivity contribution in [1.29, 1.82) is 0 Å². The van der Waals surface area contributed by atoms with Crippen LogP contribution in [0.15, 0.2) is 23.8 Å². The van der Waals surface area contributed by atoms with Crippen LogP contribution >= 0.6 is 0 Å². The van der Waals surface area contributed by atoms with Crippen LogP contribution in [0.4, 0.5) is 4.39 Å². The number of halogens is 1. The van der Waals surface area contributed by atoms with Gasteiger partial charge in [-0.3, -0.25) is 4.79 Å². The zero-order valence-electron chi connectivity index (χ0n) is 15.3. The average molecular weight is 341 g/mol. The Balaban J connectivity index is 1.98. The Morgan fingerprint density at radius 3 is 2.76 bits per heavy atom. The topological polar surface area (TPSA) is 38.1 Å². The lowest BCUT2D eigenvalue weighted by Crippen LogP contribution is -2.26. The molecule has 2 aromatic rings. The maximum Gasteiger partial charge on any atom is 0.291 e. The van der Waals surface area contributed by atoms with Crippen molar-refractivity contribution in [1.82, 2.24) is 14.5 Å². The second-order valence-electron chi connectivity index (χ2n) is 6.82. The van der Waals surface area contributed by atoms with Gasteiger partial charge in [0.1, 0.15) is 5.82 Å². The number of carbonyl (C=O) groups is 1. The standard InChI is InChI=1S/C20H24FN3O/c1-5-6-9-23-12-24-18(14(4)22-19(24)20(23)25)16-8-7-15(10-13(2)3)17(21)11-16/h7-8,10-11H,5-6,9,12H2,1-4H3. The van der Waals surface area contributed by atoms with Crippen LogP contribution in [0, 0.1) is 12.7 Å². The number of amides is 1. The molecule has 3 rings (SSSR count). The Morgan fingerprint density at radius 1 is 1.36 bits per heavy atom. The van der Waals surface area contributed by atoms with Crippen molar-refractivity contribution in [3.05, 3.63) is 46.7 Å². The number of nitrogens with zero attached hydrogens (tertiary/aromatic N) is 3. The third-order valence-electron chi connectivity index (χ3n) is 4.43. The first-order chi connectivity index (χ1) is 11.9. The highest BCUT2D eigenvalue weighted by molar-refractivity contribution is 5.94. The van der Waals surface area contributed by atoms with Crippen molar-refractivity contribution in [3.63, 3.8) is 0 Å². The van der Waals surface area contributed by atoms with Gasteiger partial charge in [0, 0.05) is 17.7 Å². The van der Waals surface area contributed by atoms with E-state index in [1.54, 1.807) is 6.07 Å². The zero-order valence-corrected chi connectivity index (χ0v) is 15.3. The molecule has 4 nitrogen and oxygen atoms in total. The first-order valence-corrected chi connectivity index (χ1v) is 8.73. The number of aromatic nitrogens is 2. The van der Waals surface area contributed by atoms with Gasteiger partial charge in [-0.15, -0.1) is 0 Å². The molecule has 1 aromatic heterocycles. The summed E-state index contributed by atoms with van der Waals surface area (Å²) in [6.07, 6.45) is 3.83. The minimum atomic E-state index is -0.263. The van der Waals surface area contributed by atoms with Crippen LogP contribution in [0.1, 0.15) is 55.5 Å². The lowest BCUT2D eigenvalue weighted by atomic mass is 10.1. The van der Waals surface area contributed by atoms with E-state index in [2.05, 4.69) is 11.9 Å². The quantitative estimate of drug-likeness (QED) is 0.795. The van der Waals surface area contributed by atoms with Gasteiger partial charge < -0.3 is 9.47 Å². The molecule has 0 unspecified atom stereocenters. The monoisotopic (exact) mass is 341 g/mol. The van der Waals surface area contributed by atoms with E-state index in [9.17, 15) is 9.18 Å². The molecule has 0 aliphatic carbocycles. The summed E-state index contributed by atoms with van der Waals surface area (Å²) in [6, 6.07) is 5.21. The molecule has 1 aliphatic rings. The number of fused-ring (bicyclic) bond motifs is 1. The number of hydrogen-bond donors (Lipinski definition) is 0. The van der Waals surface area contributed by atoms with Gasteiger partial charge in [0.05, 0.1) is 18.1 Å². The highest BCUT2D eigenvalue weighted by atomic mass is 19.1. The number of allylic oxidation sites excluding steroid dienone is 1. The second kappa shape index (κ2) is 6.82. The Morgan fingerprint density at radius 2 is 2.12 bits per heavy atom. The molecule has 0 radical (unpaired) electrons. The minimum absolute atomic E-state index is 0.0376. The highest BCUT2D eigenvalue weighted by Crippen LogP contribution is 2.30. The van der Waals surface area contributed by atoms with E-state index in [1.807, 2.05) is 42.4 Å². The van der Waals surface area contributed by atoms with Gasteiger partial charge in [-0.2, -0.15) is 0 Å². The SMILES string of the molecule is CCCCN1Cn2c(nc(C)c2-c2ccc(C=C(C)C)c(F)c2)C1=O. The summed E-state index contributed by atoms with van der Waals surface area (Å²) in [5.41, 5.74) is 3.95. The van der Waals surface area contributed by atoms with Crippen LogP contribution in [0.3, 0.4) is 0 Å². The van der Waals surface area contributed by atoms with Crippen LogP contribution in [-0.2, 0) is 6.67 Å². The second-order valence-corrected chi connectivity index (χ2v) is 6.82. The van der Waals surface area contributed by atoms with Crippen LogP contribution in [0.5, 0.6) is 0 Å². The van der Waals surface area contributed by atoms with Crippen LogP contribution < -0.4 is 0 Å². The van der Waals surface area contributed by atoms with Crippen molar-refractivity contribution < 1.29 is 9.18 Å². The number of hydrogen-bond acceptors (Lipinski definition) is 2. The molecule has 0 saturated heterocycles. The summed E-state index contributed by atoms with van der Waals surface area (Å²) in [7, 11) is 0. The Labute approximate surface area is 148 Å². The van der Waals surface area contributed by atoms with Gasteiger partial charge in [-0.25, -0.2) is 9.37 Å². The fourth-order valence-corrected chi connectivity index (χ4v) is 3.24. The molecular formula is C20H24FN3O. The third-order valence-corrected chi connectivity index (χ3v) is 4.43. The van der Waals surface area contributed by atoms with Gasteiger partial charge in [0.2, 0.25) is 5.82 Å². The van der Waals surface area contributed by atoms with Crippen LogP contribution in [-0.4, -0.2) is 26.9 Å². The number of benzene rings is 1. The molecule has 0 N–H and O–H groups in total. The number of imidazole rings is 1. The van der Waals surface area contributed by atoms with Crippen molar-refractivity contribution >= 4 is 12.0 Å². The molecule has 5 heteroatoms. The summed E-state index contributed by atoms with van der Waals surface area (Å²) in [4.78, 5) is 18.8. The summed E-state index contributed by atoms with van der Waals surface area (Å²) >= 11 is 0. The molecular weight excluding hydrogens is 317 g/mol. The van der Waals surface area contributed by atoms with E-state index in [4.69, 9.17) is 0 Å². The summed E-state index contributed by atoms with van der Waals surface area (Å²) in [5.74, 6) is 0.155. The highest BCUT2D eigenvalue weighted by Gasteiger charge is 2.32. The minimum Gasteiger partial charge on any atom is -0.318 e. The van der Waals surface area contributed by atoms with Gasteiger partial charge >= 0.3 is 0 Å². The molecule has 1 aliphatic heterocycles. The lowest BCUT2D eigenvalue weighted by molar-refractivity contribution is 0.0763. The molecule has 0 fully saturated rings. The van der Waals surface area contributed by atoms with Crippen LogP contribution in [0.2, 0.25) is 0 Å². The molecule has 0 spiro atoms. The molecule has 2 heterocycles. The molecule has 1 amide bonds. The maximum absolute atomic E-state index is 14.5. The fraction of sp³-hybridized carbons (Fsp3) is 0.400. The lowest BCUT2D eigenvalue weighted by Gasteiger charge is -2.15. The molecule has 132 valence electrons.